The third-order valence-corrected chi connectivity index (χ3v) is 3.92. The molecule has 0 aromatic heterocycles. The van der Waals surface area contributed by atoms with Crippen molar-refractivity contribution >= 4 is 16.8 Å². The van der Waals surface area contributed by atoms with Gasteiger partial charge in [-0.05, 0) is 41.7 Å². The summed E-state index contributed by atoms with van der Waals surface area (Å²) < 4.78 is 0. The first kappa shape index (κ1) is 14.4. The van der Waals surface area contributed by atoms with Gasteiger partial charge in [0.25, 0.3) is 0 Å². The van der Waals surface area contributed by atoms with Gasteiger partial charge in [-0.15, -0.1) is 0 Å². The van der Waals surface area contributed by atoms with Crippen molar-refractivity contribution in [1.29, 1.82) is 0 Å². The van der Waals surface area contributed by atoms with Gasteiger partial charge in [-0.1, -0.05) is 72.8 Å². The van der Waals surface area contributed by atoms with Crippen molar-refractivity contribution in [3.63, 3.8) is 0 Å². The molecule has 0 saturated carbocycles. The summed E-state index contributed by atoms with van der Waals surface area (Å²) in [4.78, 5) is 0. The van der Waals surface area contributed by atoms with Crippen LogP contribution in [0.5, 0.6) is 5.75 Å². The molecule has 3 rings (SSSR count). The summed E-state index contributed by atoms with van der Waals surface area (Å²) in [6, 6.07) is 22.4. The zero-order chi connectivity index (χ0) is 15.2. The Balaban J connectivity index is 1.65. The minimum Gasteiger partial charge on any atom is -0.508 e. The Morgan fingerprint density at radius 1 is 0.818 bits per heavy atom. The third kappa shape index (κ3) is 3.37. The molecule has 0 heterocycles. The van der Waals surface area contributed by atoms with E-state index in [2.05, 4.69) is 36.4 Å². The molecule has 0 aliphatic rings. The van der Waals surface area contributed by atoms with Crippen molar-refractivity contribution in [2.45, 2.75) is 19.3 Å². The maximum Gasteiger partial charge on any atom is 0.119 e. The van der Waals surface area contributed by atoms with E-state index >= 15 is 0 Å². The first-order chi connectivity index (χ1) is 10.8. The molecule has 22 heavy (non-hydrogen) atoms. The number of fused-ring (bicyclic) bond motifs is 1. The van der Waals surface area contributed by atoms with Crippen LogP contribution in [0.3, 0.4) is 0 Å². The zero-order valence-corrected chi connectivity index (χ0v) is 12.6. The van der Waals surface area contributed by atoms with Gasteiger partial charge in [0.05, 0.1) is 0 Å². The first-order valence-corrected chi connectivity index (χ1v) is 7.76. The van der Waals surface area contributed by atoms with Crippen LogP contribution in [-0.2, 0) is 6.42 Å². The van der Waals surface area contributed by atoms with Crippen molar-refractivity contribution < 1.29 is 5.11 Å². The second-order valence-electron chi connectivity index (χ2n) is 5.49. The van der Waals surface area contributed by atoms with E-state index in [9.17, 15) is 5.11 Å². The molecule has 0 aliphatic carbocycles. The number of unbranched alkanes of at least 4 members (excludes halogenated alkanes) is 1. The first-order valence-electron chi connectivity index (χ1n) is 7.76. The number of aromatic hydroxyl groups is 1. The van der Waals surface area contributed by atoms with Crippen molar-refractivity contribution in [3.8, 4) is 5.75 Å². The predicted molar refractivity (Wildman–Crippen MR) is 94.0 cm³/mol. The van der Waals surface area contributed by atoms with E-state index in [1.54, 1.807) is 6.07 Å². The fourth-order valence-corrected chi connectivity index (χ4v) is 2.77. The summed E-state index contributed by atoms with van der Waals surface area (Å²) in [5.41, 5.74) is 2.29. The van der Waals surface area contributed by atoms with Gasteiger partial charge in [0.2, 0.25) is 0 Å². The molecule has 0 amide bonds. The maximum absolute atomic E-state index is 10.1. The van der Waals surface area contributed by atoms with Crippen LogP contribution in [0, 0.1) is 0 Å². The van der Waals surface area contributed by atoms with Crippen molar-refractivity contribution in [2.24, 2.45) is 0 Å². The van der Waals surface area contributed by atoms with Crippen molar-refractivity contribution in [2.75, 3.05) is 0 Å². The van der Waals surface area contributed by atoms with Crippen LogP contribution >= 0.6 is 0 Å². The Kier molecular flexibility index (Phi) is 4.55. The van der Waals surface area contributed by atoms with Crippen LogP contribution in [0.4, 0.5) is 0 Å². The highest BCUT2D eigenvalue weighted by atomic mass is 16.3. The molecular formula is C21H20O. The molecule has 0 atom stereocenters. The Labute approximate surface area is 131 Å². The van der Waals surface area contributed by atoms with Crippen molar-refractivity contribution in [3.05, 3.63) is 83.9 Å². The number of rotatable bonds is 5. The summed E-state index contributed by atoms with van der Waals surface area (Å²) in [5, 5.41) is 12.5. The fraction of sp³-hybridized carbons (Fsp3) is 0.143. The quantitative estimate of drug-likeness (QED) is 0.607. The van der Waals surface area contributed by atoms with Crippen LogP contribution in [0.2, 0.25) is 0 Å². The van der Waals surface area contributed by atoms with Gasteiger partial charge in [0, 0.05) is 5.56 Å². The third-order valence-electron chi connectivity index (χ3n) is 3.92. The van der Waals surface area contributed by atoms with E-state index in [0.29, 0.717) is 5.75 Å². The highest BCUT2D eigenvalue weighted by molar-refractivity contribution is 5.87. The van der Waals surface area contributed by atoms with E-state index in [1.165, 1.54) is 10.9 Å². The molecule has 3 aromatic rings. The van der Waals surface area contributed by atoms with E-state index in [1.807, 2.05) is 36.4 Å². The summed E-state index contributed by atoms with van der Waals surface area (Å²) in [5.74, 6) is 0.408. The SMILES string of the molecule is Oc1ccc2ccccc2c1CCC/C=C/c1ccccc1. The lowest BCUT2D eigenvalue weighted by Crippen LogP contribution is -1.88. The number of phenols is 1. The predicted octanol–water partition coefficient (Wildman–Crippen LogP) is 5.58. The number of aryl methyl sites for hydroxylation is 1. The maximum atomic E-state index is 10.1. The summed E-state index contributed by atoms with van der Waals surface area (Å²) >= 11 is 0. The summed E-state index contributed by atoms with van der Waals surface area (Å²) in [6.45, 7) is 0. The Hall–Kier alpha value is -2.54. The number of benzene rings is 3. The fourth-order valence-electron chi connectivity index (χ4n) is 2.77. The van der Waals surface area contributed by atoms with Crippen LogP contribution < -0.4 is 0 Å². The van der Waals surface area contributed by atoms with E-state index in [4.69, 9.17) is 0 Å². The molecule has 1 heteroatoms. The topological polar surface area (TPSA) is 20.2 Å². The Morgan fingerprint density at radius 2 is 1.59 bits per heavy atom. The largest absolute Gasteiger partial charge is 0.508 e. The summed E-state index contributed by atoms with van der Waals surface area (Å²) in [7, 11) is 0. The number of allylic oxidation sites excluding steroid dienone is 1. The van der Waals surface area contributed by atoms with E-state index < -0.39 is 0 Å². The molecule has 110 valence electrons. The van der Waals surface area contributed by atoms with Crippen LogP contribution in [-0.4, -0.2) is 5.11 Å². The zero-order valence-electron chi connectivity index (χ0n) is 12.6. The second kappa shape index (κ2) is 6.95. The van der Waals surface area contributed by atoms with Gasteiger partial charge in [-0.3, -0.25) is 0 Å². The molecule has 0 spiro atoms. The molecule has 0 bridgehead atoms. The standard InChI is InChI=1S/C21H20O/c22-21-16-15-18-12-7-8-13-19(18)20(21)14-6-2-5-11-17-9-3-1-4-10-17/h1,3-5,7-13,15-16,22H,2,6,14H2/b11-5+. The molecular weight excluding hydrogens is 268 g/mol. The van der Waals surface area contributed by atoms with Gasteiger partial charge in [0.15, 0.2) is 0 Å². The second-order valence-corrected chi connectivity index (χ2v) is 5.49. The molecule has 1 N–H and O–H groups in total. The molecule has 0 unspecified atom stereocenters. The normalized spacial score (nSPS) is 11.3. The average molecular weight is 288 g/mol. The number of phenolic OH excluding ortho intramolecular Hbond substituents is 1. The van der Waals surface area contributed by atoms with Crippen LogP contribution in [0.15, 0.2) is 72.8 Å². The number of hydrogen-bond acceptors (Lipinski definition) is 1. The highest BCUT2D eigenvalue weighted by Gasteiger charge is 2.05. The van der Waals surface area contributed by atoms with Gasteiger partial charge < -0.3 is 5.11 Å². The van der Waals surface area contributed by atoms with Gasteiger partial charge in [-0.25, -0.2) is 0 Å². The lowest BCUT2D eigenvalue weighted by atomic mass is 9.99. The lowest BCUT2D eigenvalue weighted by Gasteiger charge is -2.08. The Morgan fingerprint density at radius 3 is 2.45 bits per heavy atom. The Bertz CT molecular complexity index is 772. The molecule has 3 aromatic carbocycles. The number of hydrogen-bond donors (Lipinski definition) is 1. The van der Waals surface area contributed by atoms with Crippen molar-refractivity contribution in [1.82, 2.24) is 0 Å². The highest BCUT2D eigenvalue weighted by Crippen LogP contribution is 2.28. The van der Waals surface area contributed by atoms with Gasteiger partial charge in [0.1, 0.15) is 5.75 Å². The average Bonchev–Trinajstić information content (AvgIpc) is 2.57. The molecule has 1 nitrogen and oxygen atoms in total. The van der Waals surface area contributed by atoms with Gasteiger partial charge in [-0.2, -0.15) is 0 Å². The summed E-state index contributed by atoms with van der Waals surface area (Å²) in [6.07, 6.45) is 7.30. The molecule has 0 saturated heterocycles. The minimum absolute atomic E-state index is 0.408. The lowest BCUT2D eigenvalue weighted by molar-refractivity contribution is 0.468. The molecule has 0 aliphatic heterocycles. The van der Waals surface area contributed by atoms with E-state index in [-0.39, 0.29) is 0 Å². The molecule has 0 radical (unpaired) electrons. The van der Waals surface area contributed by atoms with Gasteiger partial charge >= 0.3 is 0 Å². The van der Waals surface area contributed by atoms with Crippen LogP contribution in [0.1, 0.15) is 24.0 Å². The van der Waals surface area contributed by atoms with Crippen LogP contribution in [0.25, 0.3) is 16.8 Å². The minimum atomic E-state index is 0.408. The van der Waals surface area contributed by atoms with E-state index in [0.717, 1.165) is 30.2 Å². The molecule has 0 fully saturated rings. The smallest absolute Gasteiger partial charge is 0.119 e. The monoisotopic (exact) mass is 288 g/mol.